The van der Waals surface area contributed by atoms with E-state index < -0.39 is 17.3 Å². The Morgan fingerprint density at radius 3 is 1.65 bits per heavy atom. The van der Waals surface area contributed by atoms with Crippen molar-refractivity contribution in [2.75, 3.05) is 0 Å². The monoisotopic (exact) mass is 480 g/mol. The van der Waals surface area contributed by atoms with Gasteiger partial charge in [0.15, 0.2) is 0 Å². The number of hydrogen-bond donors (Lipinski definition) is 1. The van der Waals surface area contributed by atoms with E-state index in [-0.39, 0.29) is 12.1 Å². The fourth-order valence-electron chi connectivity index (χ4n) is 5.53. The molecule has 0 aliphatic heterocycles. The molecule has 0 amide bonds. The van der Waals surface area contributed by atoms with E-state index in [2.05, 4.69) is 13.8 Å². The highest BCUT2D eigenvalue weighted by Gasteiger charge is 2.48. The van der Waals surface area contributed by atoms with Crippen LogP contribution in [0.2, 0.25) is 0 Å². The average Bonchev–Trinajstić information content (AvgIpc) is 2.82. The van der Waals surface area contributed by atoms with Crippen LogP contribution in [0.4, 0.5) is 0 Å². The molecule has 0 spiro atoms. The van der Waals surface area contributed by atoms with E-state index in [1.807, 2.05) is 6.92 Å². The van der Waals surface area contributed by atoms with Crippen LogP contribution in [-0.4, -0.2) is 23.1 Å². The van der Waals surface area contributed by atoms with Crippen LogP contribution in [-0.2, 0) is 14.3 Å². The Bertz CT molecular complexity index is 532. The zero-order valence-electron chi connectivity index (χ0n) is 22.9. The van der Waals surface area contributed by atoms with Crippen LogP contribution in [0.15, 0.2) is 0 Å². The van der Waals surface area contributed by atoms with Crippen LogP contribution in [0.25, 0.3) is 0 Å². The maximum absolute atomic E-state index is 13.2. The zero-order valence-corrected chi connectivity index (χ0v) is 22.9. The number of ether oxygens (including phenoxy) is 1. The summed E-state index contributed by atoms with van der Waals surface area (Å²) in [5.41, 5.74) is -0.874. The first-order chi connectivity index (χ1) is 16.5. The largest absolute Gasteiger partial charge is 0.481 e. The van der Waals surface area contributed by atoms with E-state index in [1.54, 1.807) is 0 Å². The molecule has 0 aromatic carbocycles. The SMILES string of the molecule is CCCCCCCCCCCC(CCCCCCCCC)OC(=O)C1(C)CCCCC1C(=O)O. The Balaban J connectivity index is 2.49. The Kier molecular flexibility index (Phi) is 17.5. The Hall–Kier alpha value is -1.06. The second-order valence-electron chi connectivity index (χ2n) is 11.1. The molecular weight excluding hydrogens is 424 g/mol. The molecule has 1 aliphatic carbocycles. The predicted octanol–water partition coefficient (Wildman–Crippen LogP) is 9.24. The highest BCUT2D eigenvalue weighted by atomic mass is 16.5. The third-order valence-electron chi connectivity index (χ3n) is 8.01. The van der Waals surface area contributed by atoms with Gasteiger partial charge < -0.3 is 9.84 Å². The Morgan fingerprint density at radius 1 is 0.765 bits per heavy atom. The highest BCUT2D eigenvalue weighted by Crippen LogP contribution is 2.42. The summed E-state index contributed by atoms with van der Waals surface area (Å²) in [6.07, 6.45) is 25.2. The molecule has 0 aromatic rings. The summed E-state index contributed by atoms with van der Waals surface area (Å²) in [7, 11) is 0. The van der Waals surface area contributed by atoms with E-state index in [1.165, 1.54) is 89.9 Å². The average molecular weight is 481 g/mol. The van der Waals surface area contributed by atoms with Crippen LogP contribution < -0.4 is 0 Å². The number of esters is 1. The minimum atomic E-state index is -0.874. The number of carboxylic acid groups (broad SMARTS) is 1. The maximum atomic E-state index is 13.2. The number of aliphatic carboxylic acids is 1. The molecule has 4 heteroatoms. The van der Waals surface area contributed by atoms with E-state index >= 15 is 0 Å². The normalized spacial score (nSPS) is 21.3. The third-order valence-corrected chi connectivity index (χ3v) is 8.01. The van der Waals surface area contributed by atoms with Gasteiger partial charge in [-0.05, 0) is 45.4 Å². The van der Waals surface area contributed by atoms with Gasteiger partial charge in [0.2, 0.25) is 0 Å². The van der Waals surface area contributed by atoms with E-state index in [0.29, 0.717) is 12.8 Å². The van der Waals surface area contributed by atoms with Crippen LogP contribution in [0, 0.1) is 11.3 Å². The maximum Gasteiger partial charge on any atom is 0.312 e. The van der Waals surface area contributed by atoms with Crippen molar-refractivity contribution in [3.05, 3.63) is 0 Å². The standard InChI is InChI=1S/C30H56O4/c1-4-6-8-10-12-13-15-17-19-23-26(22-18-16-14-11-9-7-5-2)34-29(33)30(3)25-21-20-24-27(30)28(31)32/h26-27H,4-25H2,1-3H3,(H,31,32). The quantitative estimate of drug-likeness (QED) is 0.131. The molecule has 0 bridgehead atoms. The Morgan fingerprint density at radius 2 is 1.21 bits per heavy atom. The molecule has 0 aromatic heterocycles. The lowest BCUT2D eigenvalue weighted by molar-refractivity contribution is -0.174. The zero-order chi connectivity index (χ0) is 25.1. The summed E-state index contributed by atoms with van der Waals surface area (Å²) >= 11 is 0. The number of carboxylic acids is 1. The van der Waals surface area contributed by atoms with Gasteiger partial charge in [-0.25, -0.2) is 0 Å². The molecule has 1 saturated carbocycles. The van der Waals surface area contributed by atoms with Crippen molar-refractivity contribution >= 4 is 11.9 Å². The molecule has 3 atom stereocenters. The van der Waals surface area contributed by atoms with Crippen molar-refractivity contribution in [2.24, 2.45) is 11.3 Å². The number of carbonyl (C=O) groups excluding carboxylic acids is 1. The number of hydrogen-bond acceptors (Lipinski definition) is 3. The van der Waals surface area contributed by atoms with Crippen molar-refractivity contribution in [3.63, 3.8) is 0 Å². The number of unbranched alkanes of at least 4 members (excludes halogenated alkanes) is 14. The molecule has 1 aliphatic rings. The lowest BCUT2D eigenvalue weighted by atomic mass is 9.67. The summed E-state index contributed by atoms with van der Waals surface area (Å²) < 4.78 is 6.09. The summed E-state index contributed by atoms with van der Waals surface area (Å²) in [4.78, 5) is 25.1. The molecule has 34 heavy (non-hydrogen) atoms. The minimum absolute atomic E-state index is 0.0547. The van der Waals surface area contributed by atoms with Crippen molar-refractivity contribution in [2.45, 2.75) is 168 Å². The Labute approximate surface area is 211 Å². The van der Waals surface area contributed by atoms with Crippen molar-refractivity contribution in [3.8, 4) is 0 Å². The lowest BCUT2D eigenvalue weighted by Gasteiger charge is -2.37. The van der Waals surface area contributed by atoms with E-state index in [9.17, 15) is 14.7 Å². The molecule has 0 radical (unpaired) electrons. The molecule has 1 fully saturated rings. The van der Waals surface area contributed by atoms with Gasteiger partial charge in [0.1, 0.15) is 6.10 Å². The van der Waals surface area contributed by atoms with Gasteiger partial charge in [-0.15, -0.1) is 0 Å². The van der Waals surface area contributed by atoms with Crippen molar-refractivity contribution < 1.29 is 19.4 Å². The first-order valence-corrected chi connectivity index (χ1v) is 14.9. The predicted molar refractivity (Wildman–Crippen MR) is 142 cm³/mol. The summed E-state index contributed by atoms with van der Waals surface area (Å²) in [5.74, 6) is -1.72. The number of carbonyl (C=O) groups is 2. The molecule has 0 saturated heterocycles. The fourth-order valence-corrected chi connectivity index (χ4v) is 5.53. The number of rotatable bonds is 21. The highest BCUT2D eigenvalue weighted by molar-refractivity contribution is 5.84. The van der Waals surface area contributed by atoms with Crippen LogP contribution in [0.1, 0.15) is 162 Å². The first-order valence-electron chi connectivity index (χ1n) is 14.9. The molecule has 1 N–H and O–H groups in total. The summed E-state index contributed by atoms with van der Waals surface area (Å²) in [6.45, 7) is 6.33. The molecule has 200 valence electrons. The second-order valence-corrected chi connectivity index (χ2v) is 11.1. The smallest absolute Gasteiger partial charge is 0.312 e. The fraction of sp³-hybridized carbons (Fsp3) is 0.933. The van der Waals surface area contributed by atoms with Crippen LogP contribution >= 0.6 is 0 Å². The van der Waals surface area contributed by atoms with Gasteiger partial charge in [-0.3, -0.25) is 9.59 Å². The van der Waals surface area contributed by atoms with Gasteiger partial charge in [-0.1, -0.05) is 117 Å². The molecule has 4 nitrogen and oxygen atoms in total. The molecule has 1 rings (SSSR count). The lowest BCUT2D eigenvalue weighted by Crippen LogP contribution is -2.44. The molecular formula is C30H56O4. The van der Waals surface area contributed by atoms with Gasteiger partial charge in [0.05, 0.1) is 11.3 Å². The minimum Gasteiger partial charge on any atom is -0.481 e. The van der Waals surface area contributed by atoms with E-state index in [0.717, 1.165) is 38.5 Å². The molecule has 3 unspecified atom stereocenters. The van der Waals surface area contributed by atoms with Crippen molar-refractivity contribution in [1.82, 2.24) is 0 Å². The third kappa shape index (κ3) is 12.6. The van der Waals surface area contributed by atoms with Gasteiger partial charge in [0.25, 0.3) is 0 Å². The topological polar surface area (TPSA) is 63.6 Å². The summed E-state index contributed by atoms with van der Waals surface area (Å²) in [6, 6.07) is 0. The first kappa shape index (κ1) is 31.0. The summed E-state index contributed by atoms with van der Waals surface area (Å²) in [5, 5.41) is 9.70. The van der Waals surface area contributed by atoms with Gasteiger partial charge >= 0.3 is 11.9 Å². The van der Waals surface area contributed by atoms with Gasteiger partial charge in [0, 0.05) is 0 Å². The van der Waals surface area contributed by atoms with Crippen LogP contribution in [0.5, 0.6) is 0 Å². The van der Waals surface area contributed by atoms with Crippen molar-refractivity contribution in [1.29, 1.82) is 0 Å². The van der Waals surface area contributed by atoms with E-state index in [4.69, 9.17) is 4.74 Å². The molecule has 0 heterocycles. The van der Waals surface area contributed by atoms with Gasteiger partial charge in [-0.2, -0.15) is 0 Å². The van der Waals surface area contributed by atoms with Crippen LogP contribution in [0.3, 0.4) is 0 Å². The second kappa shape index (κ2) is 19.2.